The zero-order valence-electron chi connectivity index (χ0n) is 18.0. The number of carbonyl (C=O) groups excluding carboxylic acids is 1. The van der Waals surface area contributed by atoms with E-state index in [0.717, 1.165) is 11.1 Å². The van der Waals surface area contributed by atoms with Crippen LogP contribution in [-0.4, -0.2) is 36.1 Å². The maximum Gasteiger partial charge on any atom is 0.264 e. The number of anilines is 1. The van der Waals surface area contributed by atoms with Crippen LogP contribution in [0.4, 0.5) is 5.69 Å². The quantitative estimate of drug-likeness (QED) is 0.435. The number of carbonyl (C=O) groups is 1. The first kappa shape index (κ1) is 22.2. The second-order valence-corrected chi connectivity index (χ2v) is 9.39. The summed E-state index contributed by atoms with van der Waals surface area (Å²) in [6.45, 7) is 0.987. The Labute approximate surface area is 192 Å². The van der Waals surface area contributed by atoms with Crippen molar-refractivity contribution in [3.8, 4) is 0 Å². The Morgan fingerprint density at radius 3 is 2.24 bits per heavy atom. The average molecular weight is 462 g/mol. The lowest BCUT2D eigenvalue weighted by Crippen LogP contribution is -2.27. The van der Waals surface area contributed by atoms with E-state index in [1.165, 1.54) is 41.9 Å². The van der Waals surface area contributed by atoms with E-state index in [1.807, 2.05) is 30.3 Å². The van der Waals surface area contributed by atoms with Gasteiger partial charge in [0.15, 0.2) is 0 Å². The van der Waals surface area contributed by atoms with Crippen LogP contribution in [0.25, 0.3) is 0 Å². The highest BCUT2D eigenvalue weighted by atomic mass is 32.2. The molecule has 0 saturated carbocycles. The monoisotopic (exact) mass is 461 g/mol. The first-order chi connectivity index (χ1) is 15.9. The predicted octanol–water partition coefficient (Wildman–Crippen LogP) is 3.08. The summed E-state index contributed by atoms with van der Waals surface area (Å²) in [6.07, 6.45) is 3.15. The molecule has 0 atom stereocenters. The molecular weight excluding hydrogens is 438 g/mol. The molecule has 8 nitrogen and oxygen atoms in total. The fraction of sp³-hybridized carbons (Fsp3) is 0.125. The van der Waals surface area contributed by atoms with Crippen LogP contribution in [-0.2, 0) is 23.1 Å². The maximum atomic E-state index is 12.9. The maximum absolute atomic E-state index is 12.9. The molecule has 0 bridgehead atoms. The lowest BCUT2D eigenvalue weighted by molar-refractivity contribution is 0.0951. The summed E-state index contributed by atoms with van der Waals surface area (Å²) in [7, 11) is -2.22. The third-order valence-corrected chi connectivity index (χ3v) is 6.98. The van der Waals surface area contributed by atoms with Crippen LogP contribution in [0.3, 0.4) is 0 Å². The smallest absolute Gasteiger partial charge is 0.264 e. The SMILES string of the molecule is CN(c1ccccc1)S(=O)(=O)c1ccc(C(=O)NCc2ccc(Cn3cncn3)cc2)cc1. The van der Waals surface area contributed by atoms with Crippen LogP contribution in [0.2, 0.25) is 0 Å². The number of hydrogen-bond donors (Lipinski definition) is 1. The lowest BCUT2D eigenvalue weighted by Gasteiger charge is -2.19. The third kappa shape index (κ3) is 5.27. The summed E-state index contributed by atoms with van der Waals surface area (Å²) >= 11 is 0. The highest BCUT2D eigenvalue weighted by Crippen LogP contribution is 2.22. The Morgan fingerprint density at radius 1 is 0.939 bits per heavy atom. The van der Waals surface area contributed by atoms with Crippen LogP contribution in [0.15, 0.2) is 96.4 Å². The molecule has 0 aliphatic rings. The van der Waals surface area contributed by atoms with Crippen molar-refractivity contribution in [2.24, 2.45) is 0 Å². The van der Waals surface area contributed by atoms with E-state index in [2.05, 4.69) is 15.4 Å². The average Bonchev–Trinajstić information content (AvgIpc) is 3.36. The van der Waals surface area contributed by atoms with Gasteiger partial charge in [0.2, 0.25) is 0 Å². The summed E-state index contributed by atoms with van der Waals surface area (Å²) in [4.78, 5) is 16.6. The Morgan fingerprint density at radius 2 is 1.61 bits per heavy atom. The Bertz CT molecular complexity index is 1310. The van der Waals surface area contributed by atoms with Crippen molar-refractivity contribution >= 4 is 21.6 Å². The van der Waals surface area contributed by atoms with E-state index < -0.39 is 10.0 Å². The van der Waals surface area contributed by atoms with Crippen LogP contribution < -0.4 is 9.62 Å². The van der Waals surface area contributed by atoms with Crippen molar-refractivity contribution in [1.82, 2.24) is 20.1 Å². The van der Waals surface area contributed by atoms with Gasteiger partial charge in [-0.05, 0) is 47.5 Å². The molecule has 1 N–H and O–H groups in total. The van der Waals surface area contributed by atoms with Crippen LogP contribution in [0.1, 0.15) is 21.5 Å². The molecule has 0 aliphatic carbocycles. The minimum absolute atomic E-state index is 0.119. The predicted molar refractivity (Wildman–Crippen MR) is 125 cm³/mol. The number of hydrogen-bond acceptors (Lipinski definition) is 5. The van der Waals surface area contributed by atoms with Gasteiger partial charge in [-0.15, -0.1) is 0 Å². The highest BCUT2D eigenvalue weighted by molar-refractivity contribution is 7.92. The van der Waals surface area contributed by atoms with Gasteiger partial charge < -0.3 is 5.32 Å². The Hall–Kier alpha value is -3.98. The minimum atomic E-state index is -3.72. The Kier molecular flexibility index (Phi) is 6.50. The Balaban J connectivity index is 1.36. The van der Waals surface area contributed by atoms with E-state index in [-0.39, 0.29) is 10.8 Å². The van der Waals surface area contributed by atoms with Crippen molar-refractivity contribution in [2.75, 3.05) is 11.4 Å². The standard InChI is InChI=1S/C24H23N5O3S/c1-28(22-5-3-2-4-6-22)33(31,32)23-13-11-21(12-14-23)24(30)26-15-19-7-9-20(10-8-19)16-29-18-25-17-27-29/h2-14,17-18H,15-16H2,1H3,(H,26,30). The van der Waals surface area contributed by atoms with Gasteiger partial charge in [-0.2, -0.15) is 5.10 Å². The normalized spacial score (nSPS) is 11.2. The number of para-hydroxylation sites is 1. The molecule has 0 radical (unpaired) electrons. The van der Waals surface area contributed by atoms with Crippen molar-refractivity contribution in [3.05, 3.63) is 108 Å². The third-order valence-electron chi connectivity index (χ3n) is 5.18. The number of sulfonamides is 1. The fourth-order valence-corrected chi connectivity index (χ4v) is 4.46. The van der Waals surface area contributed by atoms with Gasteiger partial charge >= 0.3 is 0 Å². The zero-order chi connectivity index (χ0) is 23.3. The molecule has 0 aliphatic heterocycles. The number of amides is 1. The molecule has 33 heavy (non-hydrogen) atoms. The van der Waals surface area contributed by atoms with Gasteiger partial charge in [0.25, 0.3) is 15.9 Å². The molecular formula is C24H23N5O3S. The van der Waals surface area contributed by atoms with E-state index in [9.17, 15) is 13.2 Å². The van der Waals surface area contributed by atoms with Crippen molar-refractivity contribution in [1.29, 1.82) is 0 Å². The molecule has 1 aromatic heterocycles. The van der Waals surface area contributed by atoms with Crippen LogP contribution in [0.5, 0.6) is 0 Å². The van der Waals surface area contributed by atoms with Gasteiger partial charge in [0.1, 0.15) is 12.7 Å². The lowest BCUT2D eigenvalue weighted by atomic mass is 10.1. The molecule has 0 unspecified atom stereocenters. The minimum Gasteiger partial charge on any atom is -0.348 e. The van der Waals surface area contributed by atoms with Crippen LogP contribution in [0, 0.1) is 0 Å². The number of nitrogens with zero attached hydrogens (tertiary/aromatic N) is 4. The summed E-state index contributed by atoms with van der Waals surface area (Å²) in [6, 6.07) is 22.6. The molecule has 0 saturated heterocycles. The molecule has 168 valence electrons. The zero-order valence-corrected chi connectivity index (χ0v) is 18.8. The largest absolute Gasteiger partial charge is 0.348 e. The number of nitrogens with one attached hydrogen (secondary N) is 1. The summed E-state index contributed by atoms with van der Waals surface area (Å²) < 4.78 is 28.7. The number of benzene rings is 3. The summed E-state index contributed by atoms with van der Waals surface area (Å²) in [5.74, 6) is -0.276. The summed E-state index contributed by atoms with van der Waals surface area (Å²) in [5.41, 5.74) is 2.98. The molecule has 0 fully saturated rings. The fourth-order valence-electron chi connectivity index (χ4n) is 3.26. The van der Waals surface area contributed by atoms with Gasteiger partial charge in [-0.3, -0.25) is 9.10 Å². The topological polar surface area (TPSA) is 97.2 Å². The molecule has 4 rings (SSSR count). The second kappa shape index (κ2) is 9.66. The molecule has 1 amide bonds. The molecule has 9 heteroatoms. The molecule has 3 aromatic carbocycles. The highest BCUT2D eigenvalue weighted by Gasteiger charge is 2.21. The van der Waals surface area contributed by atoms with E-state index in [0.29, 0.717) is 24.3 Å². The van der Waals surface area contributed by atoms with Gasteiger partial charge in [-0.1, -0.05) is 42.5 Å². The number of aromatic nitrogens is 3. The van der Waals surface area contributed by atoms with E-state index >= 15 is 0 Å². The molecule has 1 heterocycles. The first-order valence-corrected chi connectivity index (χ1v) is 11.7. The van der Waals surface area contributed by atoms with Crippen molar-refractivity contribution in [2.45, 2.75) is 18.0 Å². The van der Waals surface area contributed by atoms with Gasteiger partial charge in [0, 0.05) is 19.2 Å². The first-order valence-electron chi connectivity index (χ1n) is 10.3. The van der Waals surface area contributed by atoms with E-state index in [1.54, 1.807) is 35.3 Å². The number of rotatable bonds is 8. The second-order valence-electron chi connectivity index (χ2n) is 7.42. The van der Waals surface area contributed by atoms with Gasteiger partial charge in [-0.25, -0.2) is 18.1 Å². The van der Waals surface area contributed by atoms with Crippen molar-refractivity contribution < 1.29 is 13.2 Å². The molecule has 4 aromatic rings. The van der Waals surface area contributed by atoms with E-state index in [4.69, 9.17) is 0 Å². The van der Waals surface area contributed by atoms with Crippen LogP contribution >= 0.6 is 0 Å². The molecule has 0 spiro atoms. The summed E-state index contributed by atoms with van der Waals surface area (Å²) in [5, 5.41) is 6.94. The van der Waals surface area contributed by atoms with Gasteiger partial charge in [0.05, 0.1) is 17.1 Å². The van der Waals surface area contributed by atoms with Crippen molar-refractivity contribution in [3.63, 3.8) is 0 Å².